The van der Waals surface area contributed by atoms with E-state index >= 15 is 0 Å². The fraction of sp³-hybridized carbons (Fsp3) is 0.435. The Hall–Kier alpha value is -2.09. The van der Waals surface area contributed by atoms with Crippen LogP contribution in [0, 0.1) is 0 Å². The zero-order chi connectivity index (χ0) is 17.9. The summed E-state index contributed by atoms with van der Waals surface area (Å²) < 4.78 is 5.40. The first-order chi connectivity index (χ1) is 12.2. The summed E-state index contributed by atoms with van der Waals surface area (Å²) in [6.07, 6.45) is 8.84. The average Bonchev–Trinajstić information content (AvgIpc) is 2.65. The van der Waals surface area contributed by atoms with E-state index < -0.39 is 0 Å². The maximum atomic E-state index is 12.2. The second kappa shape index (κ2) is 10.7. The molecule has 134 valence electrons. The van der Waals surface area contributed by atoms with Crippen molar-refractivity contribution in [2.45, 2.75) is 64.7 Å². The van der Waals surface area contributed by atoms with Crippen molar-refractivity contribution in [3.8, 4) is 5.75 Å². The van der Waals surface area contributed by atoms with E-state index in [9.17, 15) is 4.79 Å². The molecule has 0 amide bonds. The lowest BCUT2D eigenvalue weighted by atomic mass is 9.89. The molecule has 0 radical (unpaired) electrons. The lowest BCUT2D eigenvalue weighted by Crippen LogP contribution is -2.09. The number of esters is 1. The molecule has 0 N–H and O–H groups in total. The van der Waals surface area contributed by atoms with Crippen LogP contribution in [0.1, 0.15) is 80.6 Å². The molecule has 0 heterocycles. The van der Waals surface area contributed by atoms with Crippen LogP contribution in [-0.4, -0.2) is 5.97 Å². The van der Waals surface area contributed by atoms with Crippen molar-refractivity contribution in [3.05, 3.63) is 65.7 Å². The number of hydrogen-bond donors (Lipinski definition) is 0. The fourth-order valence-electron chi connectivity index (χ4n) is 3.19. The molecule has 0 fully saturated rings. The molecule has 0 aromatic heterocycles. The number of rotatable bonds is 10. The Morgan fingerprint density at radius 2 is 1.56 bits per heavy atom. The van der Waals surface area contributed by atoms with Crippen molar-refractivity contribution in [2.24, 2.45) is 0 Å². The van der Waals surface area contributed by atoms with E-state index in [1.165, 1.54) is 50.5 Å². The van der Waals surface area contributed by atoms with Gasteiger partial charge < -0.3 is 4.74 Å². The second-order valence-electron chi connectivity index (χ2n) is 6.66. The van der Waals surface area contributed by atoms with Crippen molar-refractivity contribution >= 4 is 5.97 Å². The summed E-state index contributed by atoms with van der Waals surface area (Å²) in [7, 11) is 0. The van der Waals surface area contributed by atoms with Crippen molar-refractivity contribution in [1.82, 2.24) is 0 Å². The van der Waals surface area contributed by atoms with E-state index in [0.717, 1.165) is 0 Å². The van der Waals surface area contributed by atoms with Gasteiger partial charge in [-0.3, -0.25) is 0 Å². The molecule has 0 aliphatic rings. The Labute approximate surface area is 152 Å². The lowest BCUT2D eigenvalue weighted by molar-refractivity contribution is 0.0734. The highest BCUT2D eigenvalue weighted by atomic mass is 16.5. The van der Waals surface area contributed by atoms with Crippen molar-refractivity contribution in [1.29, 1.82) is 0 Å². The van der Waals surface area contributed by atoms with Crippen LogP contribution in [0.2, 0.25) is 0 Å². The van der Waals surface area contributed by atoms with Crippen LogP contribution >= 0.6 is 0 Å². The third kappa shape index (κ3) is 6.38. The van der Waals surface area contributed by atoms with Gasteiger partial charge in [-0.25, -0.2) is 4.79 Å². The van der Waals surface area contributed by atoms with Gasteiger partial charge in [0, 0.05) is 0 Å². The Morgan fingerprint density at radius 1 is 0.840 bits per heavy atom. The summed E-state index contributed by atoms with van der Waals surface area (Å²) in [6, 6.07) is 17.2. The summed E-state index contributed by atoms with van der Waals surface area (Å²) in [5, 5.41) is 0. The van der Waals surface area contributed by atoms with Crippen LogP contribution in [0.4, 0.5) is 0 Å². The van der Waals surface area contributed by atoms with Crippen molar-refractivity contribution in [3.63, 3.8) is 0 Å². The molecule has 0 saturated heterocycles. The standard InChI is InChI=1S/C23H30O2/c1-3-5-6-8-12-19(11-4-2)20-15-17-21(18-16-20)23(24)25-22-13-9-7-10-14-22/h7,9-10,13-19H,3-6,8,11-12H2,1-2H3. The van der Waals surface area contributed by atoms with E-state index in [4.69, 9.17) is 4.74 Å². The molecule has 2 nitrogen and oxygen atoms in total. The van der Waals surface area contributed by atoms with Gasteiger partial charge in [0.05, 0.1) is 5.56 Å². The molecule has 0 aliphatic carbocycles. The maximum Gasteiger partial charge on any atom is 0.343 e. The predicted molar refractivity (Wildman–Crippen MR) is 104 cm³/mol. The van der Waals surface area contributed by atoms with Gasteiger partial charge in [-0.2, -0.15) is 0 Å². The summed E-state index contributed by atoms with van der Waals surface area (Å²) >= 11 is 0. The molecule has 0 spiro atoms. The molecule has 1 unspecified atom stereocenters. The predicted octanol–water partition coefficient (Wildman–Crippen LogP) is 6.76. The monoisotopic (exact) mass is 338 g/mol. The van der Waals surface area contributed by atoms with Crippen LogP contribution in [0.5, 0.6) is 5.75 Å². The van der Waals surface area contributed by atoms with Crippen LogP contribution in [0.15, 0.2) is 54.6 Å². The molecular formula is C23H30O2. The van der Waals surface area contributed by atoms with Crippen molar-refractivity contribution in [2.75, 3.05) is 0 Å². The van der Waals surface area contributed by atoms with Gasteiger partial charge in [0.25, 0.3) is 0 Å². The van der Waals surface area contributed by atoms with Gasteiger partial charge in [0.1, 0.15) is 5.75 Å². The van der Waals surface area contributed by atoms with Gasteiger partial charge in [-0.15, -0.1) is 0 Å². The Kier molecular flexibility index (Phi) is 8.24. The van der Waals surface area contributed by atoms with Gasteiger partial charge in [-0.05, 0) is 48.6 Å². The summed E-state index contributed by atoms with van der Waals surface area (Å²) in [6.45, 7) is 4.49. The third-order valence-corrected chi connectivity index (χ3v) is 4.61. The number of hydrogen-bond acceptors (Lipinski definition) is 2. The first-order valence-electron chi connectivity index (χ1n) is 9.61. The molecule has 2 heteroatoms. The number of ether oxygens (including phenoxy) is 1. The van der Waals surface area contributed by atoms with Gasteiger partial charge in [-0.1, -0.05) is 76.3 Å². The molecular weight excluding hydrogens is 308 g/mol. The Balaban J connectivity index is 1.97. The summed E-state index contributed by atoms with van der Waals surface area (Å²) in [4.78, 5) is 12.2. The van der Waals surface area contributed by atoms with E-state index in [1.54, 1.807) is 12.1 Å². The first kappa shape index (κ1) is 19.2. The topological polar surface area (TPSA) is 26.3 Å². The smallest absolute Gasteiger partial charge is 0.343 e. The maximum absolute atomic E-state index is 12.2. The second-order valence-corrected chi connectivity index (χ2v) is 6.66. The molecule has 25 heavy (non-hydrogen) atoms. The number of para-hydroxylation sites is 1. The largest absolute Gasteiger partial charge is 0.423 e. The first-order valence-corrected chi connectivity index (χ1v) is 9.61. The third-order valence-electron chi connectivity index (χ3n) is 4.61. The lowest BCUT2D eigenvalue weighted by Gasteiger charge is -2.17. The highest BCUT2D eigenvalue weighted by molar-refractivity contribution is 5.91. The number of unbranched alkanes of at least 4 members (excludes halogenated alkanes) is 3. The normalized spacial score (nSPS) is 11.9. The quantitative estimate of drug-likeness (QED) is 0.272. The summed E-state index contributed by atoms with van der Waals surface area (Å²) in [5.74, 6) is 0.880. The molecule has 2 aromatic rings. The van der Waals surface area contributed by atoms with E-state index in [2.05, 4.69) is 26.0 Å². The molecule has 0 bridgehead atoms. The minimum absolute atomic E-state index is 0.298. The van der Waals surface area contributed by atoms with Crippen LogP contribution in [0.25, 0.3) is 0 Å². The van der Waals surface area contributed by atoms with Gasteiger partial charge in [0.15, 0.2) is 0 Å². The van der Waals surface area contributed by atoms with Crippen LogP contribution in [-0.2, 0) is 0 Å². The molecule has 0 saturated carbocycles. The summed E-state index contributed by atoms with van der Waals surface area (Å²) in [5.41, 5.74) is 1.95. The van der Waals surface area contributed by atoms with Gasteiger partial charge >= 0.3 is 5.97 Å². The highest BCUT2D eigenvalue weighted by Gasteiger charge is 2.13. The molecule has 0 aliphatic heterocycles. The van der Waals surface area contributed by atoms with E-state index in [1.807, 2.05) is 30.3 Å². The molecule has 2 rings (SSSR count). The van der Waals surface area contributed by atoms with Gasteiger partial charge in [0.2, 0.25) is 0 Å². The number of carbonyl (C=O) groups excluding carboxylic acids is 1. The highest BCUT2D eigenvalue weighted by Crippen LogP contribution is 2.28. The number of carbonyl (C=O) groups is 1. The van der Waals surface area contributed by atoms with Crippen LogP contribution in [0.3, 0.4) is 0 Å². The van der Waals surface area contributed by atoms with E-state index in [0.29, 0.717) is 17.2 Å². The minimum atomic E-state index is -0.298. The SMILES string of the molecule is CCCCCCC(CCC)c1ccc(C(=O)Oc2ccccc2)cc1. The Bertz CT molecular complexity index is 616. The molecule has 2 aromatic carbocycles. The minimum Gasteiger partial charge on any atom is -0.423 e. The van der Waals surface area contributed by atoms with E-state index in [-0.39, 0.29) is 5.97 Å². The fourth-order valence-corrected chi connectivity index (χ4v) is 3.19. The zero-order valence-corrected chi connectivity index (χ0v) is 15.5. The number of benzene rings is 2. The molecule has 1 atom stereocenters. The van der Waals surface area contributed by atoms with Crippen molar-refractivity contribution < 1.29 is 9.53 Å². The average molecular weight is 338 g/mol. The Morgan fingerprint density at radius 3 is 2.20 bits per heavy atom. The van der Waals surface area contributed by atoms with Crippen LogP contribution < -0.4 is 4.74 Å². The zero-order valence-electron chi connectivity index (χ0n) is 15.5.